The summed E-state index contributed by atoms with van der Waals surface area (Å²) in [4.78, 5) is 0. The lowest BCUT2D eigenvalue weighted by molar-refractivity contribution is -0.294. The van der Waals surface area contributed by atoms with Crippen LogP contribution in [-0.2, 0) is 22.4 Å². The Morgan fingerprint density at radius 1 is 0.821 bits per heavy atom. The molecule has 0 unspecified atom stereocenters. The zero-order valence-electron chi connectivity index (χ0n) is 18.8. The summed E-state index contributed by atoms with van der Waals surface area (Å²) in [5.74, 6) is 0. The SMILES string of the molecule is CO[C@@H]1O[C@@H]2CO[Si](C(C)C)(C(C)C)O[Si](C(C)C)(C(C)C)O[C@H]2[C@H](O)[C@H]1O. The zero-order chi connectivity index (χ0) is 21.4. The van der Waals surface area contributed by atoms with Gasteiger partial charge in [0.25, 0.3) is 0 Å². The minimum absolute atomic E-state index is 0.142. The number of hydrogen-bond acceptors (Lipinski definition) is 7. The molecule has 2 saturated heterocycles. The summed E-state index contributed by atoms with van der Waals surface area (Å²) in [6, 6.07) is 0. The molecule has 2 N–H and O–H groups in total. The van der Waals surface area contributed by atoms with E-state index in [0.29, 0.717) is 0 Å². The van der Waals surface area contributed by atoms with E-state index in [1.807, 2.05) is 0 Å². The van der Waals surface area contributed by atoms with Crippen LogP contribution in [0.2, 0.25) is 22.2 Å². The number of hydrogen-bond donors (Lipinski definition) is 2. The van der Waals surface area contributed by atoms with Crippen molar-refractivity contribution in [2.75, 3.05) is 13.7 Å². The van der Waals surface area contributed by atoms with E-state index in [9.17, 15) is 10.2 Å². The summed E-state index contributed by atoms with van der Waals surface area (Å²) < 4.78 is 31.6. The molecule has 28 heavy (non-hydrogen) atoms. The van der Waals surface area contributed by atoms with Crippen LogP contribution in [0.4, 0.5) is 0 Å². The van der Waals surface area contributed by atoms with Crippen LogP contribution in [0, 0.1) is 0 Å². The van der Waals surface area contributed by atoms with E-state index in [-0.39, 0.29) is 28.8 Å². The third kappa shape index (κ3) is 4.15. The van der Waals surface area contributed by atoms with Crippen molar-refractivity contribution in [3.8, 4) is 0 Å². The van der Waals surface area contributed by atoms with Gasteiger partial charge in [-0.3, -0.25) is 0 Å². The van der Waals surface area contributed by atoms with Crippen molar-refractivity contribution in [2.24, 2.45) is 0 Å². The van der Waals surface area contributed by atoms with E-state index in [1.165, 1.54) is 7.11 Å². The number of fused-ring (bicyclic) bond motifs is 1. The molecule has 0 aromatic rings. The highest BCUT2D eigenvalue weighted by Gasteiger charge is 2.61. The highest BCUT2D eigenvalue weighted by atomic mass is 28.5. The van der Waals surface area contributed by atoms with E-state index in [4.69, 9.17) is 22.4 Å². The topological polar surface area (TPSA) is 86.6 Å². The van der Waals surface area contributed by atoms with Crippen LogP contribution in [0.15, 0.2) is 0 Å². The van der Waals surface area contributed by atoms with E-state index in [1.54, 1.807) is 0 Å². The first-order chi connectivity index (χ1) is 12.9. The van der Waals surface area contributed by atoms with Crippen LogP contribution in [0.3, 0.4) is 0 Å². The van der Waals surface area contributed by atoms with Gasteiger partial charge in [-0.2, -0.15) is 0 Å². The molecule has 0 aromatic heterocycles. The smallest absolute Gasteiger partial charge is 0.335 e. The molecule has 2 aliphatic heterocycles. The summed E-state index contributed by atoms with van der Waals surface area (Å²) in [6.45, 7) is 17.3. The van der Waals surface area contributed by atoms with Crippen molar-refractivity contribution in [3.63, 3.8) is 0 Å². The molecule has 0 spiro atoms. The second-order valence-electron chi connectivity index (χ2n) is 9.32. The first-order valence-corrected chi connectivity index (χ1v) is 14.4. The van der Waals surface area contributed by atoms with Gasteiger partial charge in [-0.05, 0) is 22.2 Å². The van der Waals surface area contributed by atoms with Crippen LogP contribution in [-0.4, -0.2) is 71.8 Å². The van der Waals surface area contributed by atoms with E-state index in [2.05, 4.69) is 55.4 Å². The molecule has 0 radical (unpaired) electrons. The monoisotopic (exact) mass is 436 g/mol. The average molecular weight is 437 g/mol. The quantitative estimate of drug-likeness (QED) is 0.641. The summed E-state index contributed by atoms with van der Waals surface area (Å²) in [7, 11) is -4.05. The Morgan fingerprint density at radius 2 is 1.32 bits per heavy atom. The van der Waals surface area contributed by atoms with Crippen molar-refractivity contribution < 1.29 is 32.7 Å². The Kier molecular flexibility index (Phi) is 7.95. The lowest BCUT2D eigenvalue weighted by Gasteiger charge is -2.54. The van der Waals surface area contributed by atoms with Crippen molar-refractivity contribution in [3.05, 3.63) is 0 Å². The fraction of sp³-hybridized carbons (Fsp3) is 1.00. The second kappa shape index (κ2) is 9.11. The van der Waals surface area contributed by atoms with Crippen LogP contribution in [0.5, 0.6) is 0 Å². The largest absolute Gasteiger partial charge is 0.414 e. The third-order valence-corrected chi connectivity index (χ3v) is 16.5. The van der Waals surface area contributed by atoms with Crippen molar-refractivity contribution in [2.45, 2.75) is 108 Å². The Balaban J connectivity index is 2.55. The van der Waals surface area contributed by atoms with E-state index in [0.717, 1.165) is 0 Å². The van der Waals surface area contributed by atoms with Gasteiger partial charge in [0.1, 0.15) is 24.4 Å². The molecule has 2 rings (SSSR count). The highest BCUT2D eigenvalue weighted by molar-refractivity contribution is 6.83. The summed E-state index contributed by atoms with van der Waals surface area (Å²) in [5, 5.41) is 21.3. The average Bonchev–Trinajstić information content (AvgIpc) is 2.58. The maximum absolute atomic E-state index is 10.8. The van der Waals surface area contributed by atoms with Crippen LogP contribution in [0.25, 0.3) is 0 Å². The molecule has 2 aliphatic rings. The molecule has 0 aromatic carbocycles. The normalized spacial score (nSPS) is 35.9. The summed E-state index contributed by atoms with van der Waals surface area (Å²) >= 11 is 0. The standard InChI is InChI=1S/C19H40O7Si2/c1-11(2)27(12(3)4)23-10-15-18(16(20)17(21)19(22-9)24-15)25-28(26-27,13(5)6)14(7)8/h11-21H,10H2,1-9H3/t15-,16-,17-,18-,19-/m1/s1. The highest BCUT2D eigenvalue weighted by Crippen LogP contribution is 2.47. The third-order valence-electron chi connectivity index (χ3n) is 6.20. The van der Waals surface area contributed by atoms with Gasteiger partial charge in [0.05, 0.1) is 6.61 Å². The van der Waals surface area contributed by atoms with Crippen LogP contribution in [0.1, 0.15) is 55.4 Å². The fourth-order valence-electron chi connectivity index (χ4n) is 4.52. The minimum Gasteiger partial charge on any atom is -0.414 e. The van der Waals surface area contributed by atoms with Crippen LogP contribution >= 0.6 is 0 Å². The number of ether oxygens (including phenoxy) is 2. The number of aliphatic hydroxyl groups excluding tert-OH is 2. The number of rotatable bonds is 5. The molecule has 0 saturated carbocycles. The summed E-state index contributed by atoms with van der Waals surface area (Å²) in [6.07, 6.45) is -4.47. The van der Waals surface area contributed by atoms with Gasteiger partial charge >= 0.3 is 17.1 Å². The molecular formula is C19H40O7Si2. The number of methoxy groups -OCH3 is 1. The molecule has 0 aliphatic carbocycles. The second-order valence-corrected chi connectivity index (χ2v) is 18.2. The van der Waals surface area contributed by atoms with Crippen molar-refractivity contribution >= 4 is 17.1 Å². The van der Waals surface area contributed by atoms with Crippen molar-refractivity contribution in [1.29, 1.82) is 0 Å². The molecule has 0 amide bonds. The fourth-order valence-corrected chi connectivity index (χ4v) is 15.7. The predicted octanol–water partition coefficient (Wildman–Crippen LogP) is 3.04. The van der Waals surface area contributed by atoms with E-state index < -0.39 is 47.8 Å². The molecule has 2 fully saturated rings. The van der Waals surface area contributed by atoms with Gasteiger partial charge in [0.15, 0.2) is 6.29 Å². The zero-order valence-corrected chi connectivity index (χ0v) is 20.8. The Labute approximate surface area is 172 Å². The Hall–Kier alpha value is 0.154. The maximum atomic E-state index is 10.8. The Morgan fingerprint density at radius 3 is 1.75 bits per heavy atom. The first-order valence-electron chi connectivity index (χ1n) is 10.5. The van der Waals surface area contributed by atoms with Gasteiger partial charge in [0, 0.05) is 7.11 Å². The molecule has 2 heterocycles. The Bertz CT molecular complexity index is 499. The van der Waals surface area contributed by atoms with Crippen LogP contribution < -0.4 is 0 Å². The maximum Gasteiger partial charge on any atom is 0.335 e. The molecule has 166 valence electrons. The van der Waals surface area contributed by atoms with Gasteiger partial charge in [-0.1, -0.05) is 55.4 Å². The predicted molar refractivity (Wildman–Crippen MR) is 111 cm³/mol. The summed E-state index contributed by atoms with van der Waals surface area (Å²) in [5.41, 5.74) is 0.746. The molecular weight excluding hydrogens is 396 g/mol. The van der Waals surface area contributed by atoms with Gasteiger partial charge in [0.2, 0.25) is 0 Å². The molecule has 5 atom stereocenters. The first kappa shape index (κ1) is 24.4. The van der Waals surface area contributed by atoms with Gasteiger partial charge in [-0.25, -0.2) is 0 Å². The van der Waals surface area contributed by atoms with Gasteiger partial charge < -0.3 is 32.7 Å². The minimum atomic E-state index is -2.85. The molecule has 0 bridgehead atoms. The lowest BCUT2D eigenvalue weighted by Crippen LogP contribution is -2.70. The molecule has 7 nitrogen and oxygen atoms in total. The number of aliphatic hydroxyl groups is 2. The molecule has 9 heteroatoms. The van der Waals surface area contributed by atoms with E-state index >= 15 is 0 Å². The van der Waals surface area contributed by atoms with Crippen molar-refractivity contribution in [1.82, 2.24) is 0 Å². The lowest BCUT2D eigenvalue weighted by atomic mass is 9.99. The van der Waals surface area contributed by atoms with Gasteiger partial charge in [-0.15, -0.1) is 0 Å².